The van der Waals surface area contributed by atoms with Crippen molar-refractivity contribution in [1.82, 2.24) is 10.2 Å². The summed E-state index contributed by atoms with van der Waals surface area (Å²) < 4.78 is 5.30. The zero-order valence-electron chi connectivity index (χ0n) is 11.5. The van der Waals surface area contributed by atoms with Gasteiger partial charge in [0.15, 0.2) is 0 Å². The standard InChI is InChI=1S/C14H28N2O/c1-3-15-14(13-6-7-13)10-16-8-4-5-12(9-16)11-17-2/h12-15H,3-11H2,1-2H3. The molecule has 3 nitrogen and oxygen atoms in total. The van der Waals surface area contributed by atoms with E-state index in [4.69, 9.17) is 4.74 Å². The highest BCUT2D eigenvalue weighted by atomic mass is 16.5. The number of ether oxygens (including phenoxy) is 1. The second kappa shape index (κ2) is 6.72. The molecule has 1 heterocycles. The smallest absolute Gasteiger partial charge is 0.0502 e. The fraction of sp³-hybridized carbons (Fsp3) is 1.00. The molecule has 0 radical (unpaired) electrons. The molecule has 2 aliphatic rings. The second-order valence-corrected chi connectivity index (χ2v) is 5.72. The minimum Gasteiger partial charge on any atom is -0.384 e. The SMILES string of the molecule is CCNC(CN1CCCC(COC)C1)C1CC1. The highest BCUT2D eigenvalue weighted by Gasteiger charge is 2.32. The lowest BCUT2D eigenvalue weighted by Gasteiger charge is -2.35. The number of rotatable bonds is 7. The second-order valence-electron chi connectivity index (χ2n) is 5.72. The molecule has 1 N–H and O–H groups in total. The van der Waals surface area contributed by atoms with Gasteiger partial charge in [-0.25, -0.2) is 0 Å². The Morgan fingerprint density at radius 3 is 2.82 bits per heavy atom. The average molecular weight is 240 g/mol. The van der Waals surface area contributed by atoms with Gasteiger partial charge in [0.25, 0.3) is 0 Å². The van der Waals surface area contributed by atoms with Gasteiger partial charge in [0, 0.05) is 26.2 Å². The number of nitrogens with zero attached hydrogens (tertiary/aromatic N) is 1. The Hall–Kier alpha value is -0.120. The molecule has 0 bridgehead atoms. The van der Waals surface area contributed by atoms with Crippen molar-refractivity contribution < 1.29 is 4.74 Å². The third kappa shape index (κ3) is 4.23. The maximum absolute atomic E-state index is 5.30. The van der Waals surface area contributed by atoms with Crippen LogP contribution in [0.5, 0.6) is 0 Å². The van der Waals surface area contributed by atoms with Gasteiger partial charge in [0.05, 0.1) is 6.61 Å². The predicted octanol–water partition coefficient (Wildman–Crippen LogP) is 1.73. The largest absolute Gasteiger partial charge is 0.384 e. The number of likely N-dealkylation sites (tertiary alicyclic amines) is 1. The molecule has 1 aliphatic heterocycles. The quantitative estimate of drug-likeness (QED) is 0.733. The Kier molecular flexibility index (Phi) is 5.26. The van der Waals surface area contributed by atoms with E-state index in [0.29, 0.717) is 0 Å². The average Bonchev–Trinajstić information content (AvgIpc) is 3.13. The number of hydrogen-bond donors (Lipinski definition) is 1. The number of methoxy groups -OCH3 is 1. The predicted molar refractivity (Wildman–Crippen MR) is 71.2 cm³/mol. The summed E-state index contributed by atoms with van der Waals surface area (Å²) in [5.41, 5.74) is 0. The van der Waals surface area contributed by atoms with E-state index in [1.807, 2.05) is 7.11 Å². The van der Waals surface area contributed by atoms with Crippen molar-refractivity contribution in [3.8, 4) is 0 Å². The summed E-state index contributed by atoms with van der Waals surface area (Å²) in [6.45, 7) is 8.04. The fourth-order valence-corrected chi connectivity index (χ4v) is 3.11. The van der Waals surface area contributed by atoms with Gasteiger partial charge in [0.2, 0.25) is 0 Å². The van der Waals surface area contributed by atoms with Gasteiger partial charge in [-0.15, -0.1) is 0 Å². The first-order valence-corrected chi connectivity index (χ1v) is 7.28. The first-order chi connectivity index (χ1) is 8.33. The van der Waals surface area contributed by atoms with Crippen LogP contribution in [0.1, 0.15) is 32.6 Å². The minimum absolute atomic E-state index is 0.737. The maximum Gasteiger partial charge on any atom is 0.0502 e. The van der Waals surface area contributed by atoms with Crippen LogP contribution in [0.25, 0.3) is 0 Å². The molecule has 0 spiro atoms. The van der Waals surface area contributed by atoms with Crippen LogP contribution >= 0.6 is 0 Å². The molecule has 2 fully saturated rings. The van der Waals surface area contributed by atoms with Gasteiger partial charge >= 0.3 is 0 Å². The van der Waals surface area contributed by atoms with Crippen LogP contribution in [0, 0.1) is 11.8 Å². The molecule has 0 aromatic rings. The zero-order valence-corrected chi connectivity index (χ0v) is 11.5. The van der Waals surface area contributed by atoms with Crippen molar-refractivity contribution in [3.05, 3.63) is 0 Å². The van der Waals surface area contributed by atoms with Crippen LogP contribution < -0.4 is 5.32 Å². The number of nitrogens with one attached hydrogen (secondary N) is 1. The molecule has 1 aliphatic carbocycles. The van der Waals surface area contributed by atoms with Gasteiger partial charge in [-0.1, -0.05) is 6.92 Å². The molecule has 3 heteroatoms. The summed E-state index contributed by atoms with van der Waals surface area (Å²) >= 11 is 0. The highest BCUT2D eigenvalue weighted by molar-refractivity contribution is 4.89. The van der Waals surface area contributed by atoms with Crippen LogP contribution in [0.3, 0.4) is 0 Å². The third-order valence-electron chi connectivity index (χ3n) is 4.12. The number of hydrogen-bond acceptors (Lipinski definition) is 3. The molecule has 2 atom stereocenters. The van der Waals surface area contributed by atoms with E-state index >= 15 is 0 Å². The third-order valence-corrected chi connectivity index (χ3v) is 4.12. The topological polar surface area (TPSA) is 24.5 Å². The first kappa shape index (κ1) is 13.3. The van der Waals surface area contributed by atoms with E-state index in [-0.39, 0.29) is 0 Å². The van der Waals surface area contributed by atoms with E-state index in [1.54, 1.807) is 0 Å². The zero-order chi connectivity index (χ0) is 12.1. The van der Waals surface area contributed by atoms with Gasteiger partial charge in [-0.3, -0.25) is 0 Å². The van der Waals surface area contributed by atoms with Gasteiger partial charge in [0.1, 0.15) is 0 Å². The lowest BCUT2D eigenvalue weighted by Crippen LogP contribution is -2.46. The Morgan fingerprint density at radius 1 is 1.35 bits per heavy atom. The van der Waals surface area contributed by atoms with Crippen molar-refractivity contribution in [2.24, 2.45) is 11.8 Å². The monoisotopic (exact) mass is 240 g/mol. The Labute approximate surface area is 106 Å². The van der Waals surface area contributed by atoms with E-state index < -0.39 is 0 Å². The van der Waals surface area contributed by atoms with Crippen molar-refractivity contribution in [2.75, 3.05) is 39.9 Å². The Bertz CT molecular complexity index is 216. The summed E-state index contributed by atoms with van der Waals surface area (Å²) in [5.74, 6) is 1.72. The lowest BCUT2D eigenvalue weighted by atomic mass is 9.98. The van der Waals surface area contributed by atoms with Crippen LogP contribution in [0.15, 0.2) is 0 Å². The summed E-state index contributed by atoms with van der Waals surface area (Å²) in [6.07, 6.45) is 5.57. The van der Waals surface area contributed by atoms with Gasteiger partial charge in [-0.05, 0) is 50.6 Å². The Balaban J connectivity index is 1.75. The molecule has 0 aromatic heterocycles. The summed E-state index contributed by atoms with van der Waals surface area (Å²) in [4.78, 5) is 2.65. The maximum atomic E-state index is 5.30. The summed E-state index contributed by atoms with van der Waals surface area (Å²) in [6, 6.07) is 0.737. The molecular formula is C14H28N2O. The van der Waals surface area contributed by atoms with Crippen LogP contribution in [-0.4, -0.2) is 50.8 Å². The van der Waals surface area contributed by atoms with Crippen LogP contribution in [0.2, 0.25) is 0 Å². The molecule has 1 saturated carbocycles. The van der Waals surface area contributed by atoms with Crippen molar-refractivity contribution in [2.45, 2.75) is 38.6 Å². The molecule has 1 saturated heterocycles. The van der Waals surface area contributed by atoms with Crippen LogP contribution in [0.4, 0.5) is 0 Å². The first-order valence-electron chi connectivity index (χ1n) is 7.28. The summed E-state index contributed by atoms with van der Waals surface area (Å²) in [5, 5.41) is 3.67. The number of piperidine rings is 1. The molecule has 0 amide bonds. The van der Waals surface area contributed by atoms with E-state index in [0.717, 1.165) is 31.0 Å². The van der Waals surface area contributed by atoms with Crippen molar-refractivity contribution in [1.29, 1.82) is 0 Å². The highest BCUT2D eigenvalue weighted by Crippen LogP contribution is 2.33. The van der Waals surface area contributed by atoms with E-state index in [1.165, 1.54) is 45.3 Å². The molecule has 100 valence electrons. The number of likely N-dealkylation sites (N-methyl/N-ethyl adjacent to an activating group) is 1. The van der Waals surface area contributed by atoms with Crippen LogP contribution in [-0.2, 0) is 4.74 Å². The summed E-state index contributed by atoms with van der Waals surface area (Å²) in [7, 11) is 1.82. The normalized spacial score (nSPS) is 28.2. The van der Waals surface area contributed by atoms with Gasteiger partial charge < -0.3 is 15.0 Å². The van der Waals surface area contributed by atoms with E-state index in [9.17, 15) is 0 Å². The lowest BCUT2D eigenvalue weighted by molar-refractivity contribution is 0.0843. The molecular weight excluding hydrogens is 212 g/mol. The fourth-order valence-electron chi connectivity index (χ4n) is 3.11. The van der Waals surface area contributed by atoms with E-state index in [2.05, 4.69) is 17.1 Å². The van der Waals surface area contributed by atoms with Crippen molar-refractivity contribution in [3.63, 3.8) is 0 Å². The van der Waals surface area contributed by atoms with Crippen molar-refractivity contribution >= 4 is 0 Å². The van der Waals surface area contributed by atoms with Gasteiger partial charge in [-0.2, -0.15) is 0 Å². The molecule has 2 rings (SSSR count). The molecule has 2 unspecified atom stereocenters. The Morgan fingerprint density at radius 2 is 2.18 bits per heavy atom. The minimum atomic E-state index is 0.737. The molecule has 17 heavy (non-hydrogen) atoms. The molecule has 0 aromatic carbocycles.